The van der Waals surface area contributed by atoms with E-state index in [1.807, 2.05) is 94.4 Å². The van der Waals surface area contributed by atoms with Crippen molar-refractivity contribution in [1.82, 2.24) is 0 Å². The van der Waals surface area contributed by atoms with Crippen molar-refractivity contribution in [1.29, 1.82) is 0 Å². The molecule has 8 aromatic rings. The van der Waals surface area contributed by atoms with Crippen molar-refractivity contribution in [2.24, 2.45) is 0 Å². The minimum atomic E-state index is 0.513. The Kier molecular flexibility index (Phi) is 35.1. The number of aryl methyl sites for hydroxylation is 9. The Labute approximate surface area is 517 Å². The fourth-order valence-electron chi connectivity index (χ4n) is 8.93. The minimum absolute atomic E-state index is 0.513. The molecule has 8 rings (SSSR count). The third-order valence-electron chi connectivity index (χ3n) is 14.5. The molecule has 8 aromatic carbocycles. The molecule has 0 saturated carbocycles. The van der Waals surface area contributed by atoms with Gasteiger partial charge in [0.25, 0.3) is 0 Å². The van der Waals surface area contributed by atoms with Gasteiger partial charge in [0, 0.05) is 45.5 Å². The Morgan fingerprint density at radius 3 is 0.965 bits per heavy atom. The SMILES string of the molecule is CC(C)c1cc(N)cc(C(C)C)c1.CC(C)c1ccc(N)cc1.CC(C)c1cccc(C(C)C)c1N.CCc1cc(N)cc(CC)c1.CCc1ccc(N)cc1.CCc1cccc(CC)c1N.Cc1cc(C)cc(N)c1.Cc1cccc(C)c1N. The highest BCUT2D eigenvalue weighted by Gasteiger charge is 2.10. The van der Waals surface area contributed by atoms with Crippen LogP contribution < -0.4 is 45.9 Å². The Balaban J connectivity index is 0.000000487. The molecule has 0 amide bonds. The van der Waals surface area contributed by atoms with Gasteiger partial charge < -0.3 is 45.9 Å². The van der Waals surface area contributed by atoms with Crippen LogP contribution >= 0.6 is 0 Å². The number of para-hydroxylation sites is 3. The molecule has 0 atom stereocenters. The first-order valence-electron chi connectivity index (χ1n) is 30.9. The van der Waals surface area contributed by atoms with E-state index in [-0.39, 0.29) is 0 Å². The Morgan fingerprint density at radius 2 is 0.624 bits per heavy atom. The van der Waals surface area contributed by atoms with Crippen molar-refractivity contribution in [3.63, 3.8) is 0 Å². The van der Waals surface area contributed by atoms with E-state index in [1.165, 1.54) is 66.8 Å². The second-order valence-electron chi connectivity index (χ2n) is 23.5. The molecule has 462 valence electrons. The molecule has 0 fully saturated rings. The van der Waals surface area contributed by atoms with Gasteiger partial charge in [-0.3, -0.25) is 0 Å². The van der Waals surface area contributed by atoms with Gasteiger partial charge in [-0.1, -0.05) is 201 Å². The molecule has 0 bridgehead atoms. The summed E-state index contributed by atoms with van der Waals surface area (Å²) in [6.45, 7) is 40.6. The lowest BCUT2D eigenvalue weighted by molar-refractivity contribution is 0.835. The highest BCUT2D eigenvalue weighted by atomic mass is 14.6. The van der Waals surface area contributed by atoms with Crippen LogP contribution in [-0.2, 0) is 32.1 Å². The van der Waals surface area contributed by atoms with Crippen LogP contribution in [0.15, 0.2) is 158 Å². The van der Waals surface area contributed by atoms with E-state index >= 15 is 0 Å². The summed E-state index contributed by atoms with van der Waals surface area (Å²) < 4.78 is 0. The Morgan fingerprint density at radius 1 is 0.271 bits per heavy atom. The molecular weight excluding hydrogens is 1040 g/mol. The zero-order valence-corrected chi connectivity index (χ0v) is 56.1. The maximum atomic E-state index is 6.09. The quantitative estimate of drug-likeness (QED) is 0.0617. The minimum Gasteiger partial charge on any atom is -0.399 e. The monoisotopic (exact) mass is 1150 g/mol. The van der Waals surface area contributed by atoms with Gasteiger partial charge in [-0.2, -0.15) is 0 Å². The lowest BCUT2D eigenvalue weighted by Gasteiger charge is -2.15. The lowest BCUT2D eigenvalue weighted by atomic mass is 9.93. The van der Waals surface area contributed by atoms with Gasteiger partial charge in [0.05, 0.1) is 0 Å². The van der Waals surface area contributed by atoms with E-state index in [2.05, 4.69) is 195 Å². The molecule has 0 spiro atoms. The van der Waals surface area contributed by atoms with E-state index in [9.17, 15) is 0 Å². The van der Waals surface area contributed by atoms with Crippen molar-refractivity contribution in [3.05, 3.63) is 236 Å². The standard InChI is InChI=1S/2C12H19N.2C10H15N.C9H13N.3C8H11N/c1-8(2)10-5-11(9(3)4)7-12(13)6-10;1-8(2)10-6-5-7-11(9(3)4)12(10)13;1-3-8-5-9(4-2)7-10(11)6-8;1-3-8-6-5-7-9(4-2)10(8)11;1-7(2)8-3-5-9(10)6-4-8;1-6-3-7(2)5-8(9)4-6;1-6-4-3-5-7(2)8(6)9;1-2-7-3-5-8(9)6-4-7/h2*5-9H,13H2,1-4H3;2*5-7H,3-4,11H2,1-2H3;3-7H,10H2,1-2H3;2*3-5H,9H2,1-2H3;3-6H,2,9H2,1H3. The average molecular weight is 1150 g/mol. The normalized spacial score (nSPS) is 10.3. The molecule has 85 heavy (non-hydrogen) atoms. The summed E-state index contributed by atoms with van der Waals surface area (Å²) in [5.41, 5.74) is 70.8. The predicted octanol–water partition coefficient (Wildman–Crippen LogP) is 19.8. The topological polar surface area (TPSA) is 208 Å². The highest BCUT2D eigenvalue weighted by Crippen LogP contribution is 2.30. The molecule has 0 heterocycles. The first-order chi connectivity index (χ1) is 40.0. The van der Waals surface area contributed by atoms with Gasteiger partial charge in [-0.15, -0.1) is 0 Å². The first-order valence-corrected chi connectivity index (χ1v) is 30.9. The molecule has 0 saturated heterocycles. The zero-order chi connectivity index (χ0) is 64.5. The number of anilines is 8. The van der Waals surface area contributed by atoms with Gasteiger partial charge in [0.15, 0.2) is 0 Å². The number of benzene rings is 8. The molecule has 0 unspecified atom stereocenters. The molecule has 8 nitrogen and oxygen atoms in total. The summed E-state index contributed by atoms with van der Waals surface area (Å²) in [5.74, 6) is 2.74. The molecule has 8 heteroatoms. The van der Waals surface area contributed by atoms with Crippen LogP contribution in [0.5, 0.6) is 0 Å². The van der Waals surface area contributed by atoms with Crippen LogP contribution in [0.4, 0.5) is 45.5 Å². The van der Waals surface area contributed by atoms with E-state index in [4.69, 9.17) is 45.9 Å². The molecule has 0 aliphatic rings. The van der Waals surface area contributed by atoms with Crippen molar-refractivity contribution < 1.29 is 0 Å². The van der Waals surface area contributed by atoms with Crippen molar-refractivity contribution >= 4 is 45.5 Å². The summed E-state index contributed by atoms with van der Waals surface area (Å²) >= 11 is 0. The van der Waals surface area contributed by atoms with Gasteiger partial charge in [0.2, 0.25) is 0 Å². The summed E-state index contributed by atoms with van der Waals surface area (Å²) in [6, 6.07) is 53.3. The third-order valence-corrected chi connectivity index (χ3v) is 14.5. The summed E-state index contributed by atoms with van der Waals surface area (Å²) in [6.07, 6.45) is 5.27. The fourth-order valence-corrected chi connectivity index (χ4v) is 8.93. The molecule has 0 radical (unpaired) electrons. The third kappa shape index (κ3) is 29.0. The van der Waals surface area contributed by atoms with Crippen LogP contribution in [0.25, 0.3) is 0 Å². The summed E-state index contributed by atoms with van der Waals surface area (Å²) in [5, 5.41) is 0. The maximum Gasteiger partial charge on any atom is 0.0384 e. The van der Waals surface area contributed by atoms with Gasteiger partial charge >= 0.3 is 0 Å². The second kappa shape index (κ2) is 39.7. The van der Waals surface area contributed by atoms with Crippen molar-refractivity contribution in [3.8, 4) is 0 Å². The van der Waals surface area contributed by atoms with Crippen molar-refractivity contribution in [2.45, 2.75) is 193 Å². The average Bonchev–Trinajstić information content (AvgIpc) is 3.67. The van der Waals surface area contributed by atoms with Crippen LogP contribution in [0.3, 0.4) is 0 Å². The predicted molar refractivity (Wildman–Crippen MR) is 383 cm³/mol. The number of nitrogen functional groups attached to an aromatic ring is 8. The van der Waals surface area contributed by atoms with Crippen LogP contribution in [0.2, 0.25) is 0 Å². The first kappa shape index (κ1) is 75.2. The van der Waals surface area contributed by atoms with Gasteiger partial charge in [-0.25, -0.2) is 0 Å². The number of nitrogens with two attached hydrogens (primary N) is 8. The Hall–Kier alpha value is -7.84. The van der Waals surface area contributed by atoms with Gasteiger partial charge in [-0.05, 0) is 228 Å². The second-order valence-corrected chi connectivity index (χ2v) is 23.5. The lowest BCUT2D eigenvalue weighted by Crippen LogP contribution is -2.02. The number of rotatable bonds is 10. The molecule has 0 aliphatic heterocycles. The zero-order valence-electron chi connectivity index (χ0n) is 56.1. The molecular formula is C77H114N8. The van der Waals surface area contributed by atoms with Crippen molar-refractivity contribution in [2.75, 3.05) is 45.9 Å². The summed E-state index contributed by atoms with van der Waals surface area (Å²) in [4.78, 5) is 0. The summed E-state index contributed by atoms with van der Waals surface area (Å²) in [7, 11) is 0. The highest BCUT2D eigenvalue weighted by molar-refractivity contribution is 5.57. The smallest absolute Gasteiger partial charge is 0.0384 e. The van der Waals surface area contributed by atoms with E-state index in [1.54, 1.807) is 0 Å². The van der Waals surface area contributed by atoms with Crippen LogP contribution in [0.1, 0.15) is 211 Å². The number of hydrogen-bond donors (Lipinski definition) is 8. The molecule has 16 N–H and O–H groups in total. The van der Waals surface area contributed by atoms with E-state index < -0.39 is 0 Å². The van der Waals surface area contributed by atoms with Gasteiger partial charge in [0.1, 0.15) is 0 Å². The molecule has 0 aromatic heterocycles. The van der Waals surface area contributed by atoms with E-state index in [0.29, 0.717) is 29.6 Å². The van der Waals surface area contributed by atoms with E-state index in [0.717, 1.165) is 88.7 Å². The largest absolute Gasteiger partial charge is 0.399 e. The Bertz CT molecular complexity index is 2960. The molecule has 0 aliphatic carbocycles. The van der Waals surface area contributed by atoms with Crippen LogP contribution in [0, 0.1) is 27.7 Å². The van der Waals surface area contributed by atoms with Crippen LogP contribution in [-0.4, -0.2) is 0 Å². The number of hydrogen-bond acceptors (Lipinski definition) is 8. The maximum absolute atomic E-state index is 6.09. The fraction of sp³-hybridized carbons (Fsp3) is 0.377.